The molecule has 1 saturated carbocycles. The highest BCUT2D eigenvalue weighted by Gasteiger charge is 2.53. The number of aromatic nitrogens is 2. The number of nitrogens with zero attached hydrogens (tertiary/aromatic N) is 2. The molecule has 0 aliphatic heterocycles. The summed E-state index contributed by atoms with van der Waals surface area (Å²) in [5, 5.41) is 14.5. The number of hydrogen-bond donors (Lipinski definition) is 2. The Bertz CT molecular complexity index is 396. The van der Waals surface area contributed by atoms with Crippen LogP contribution in [0, 0.1) is 0 Å². The second kappa shape index (κ2) is 3.61. The molecule has 7 heteroatoms. The Balaban J connectivity index is 2.08. The summed E-state index contributed by atoms with van der Waals surface area (Å²) in [6, 6.07) is -0.291. The summed E-state index contributed by atoms with van der Waals surface area (Å²) in [7, 11) is 1.55. The van der Waals surface area contributed by atoms with Crippen LogP contribution in [0.5, 0.6) is 0 Å². The van der Waals surface area contributed by atoms with Gasteiger partial charge in [-0.25, -0.2) is 4.79 Å². The van der Waals surface area contributed by atoms with Gasteiger partial charge in [0.15, 0.2) is 0 Å². The van der Waals surface area contributed by atoms with Crippen LogP contribution in [0.4, 0.5) is 9.93 Å². The first-order valence-electron chi connectivity index (χ1n) is 4.53. The van der Waals surface area contributed by atoms with Crippen LogP contribution in [0.15, 0.2) is 0 Å². The fourth-order valence-corrected chi connectivity index (χ4v) is 2.64. The zero-order chi connectivity index (χ0) is 11.1. The van der Waals surface area contributed by atoms with Crippen LogP contribution in [0.2, 0.25) is 0 Å². The van der Waals surface area contributed by atoms with Gasteiger partial charge in [-0.2, -0.15) is 0 Å². The van der Waals surface area contributed by atoms with Gasteiger partial charge >= 0.3 is 6.03 Å². The fourth-order valence-electron chi connectivity index (χ4n) is 1.20. The molecule has 0 spiro atoms. The molecule has 1 aliphatic rings. The van der Waals surface area contributed by atoms with E-state index in [9.17, 15) is 4.79 Å². The van der Waals surface area contributed by atoms with Crippen molar-refractivity contribution in [2.75, 3.05) is 12.4 Å². The molecule has 1 heterocycles. The summed E-state index contributed by atoms with van der Waals surface area (Å²) in [5.74, 6) is 0. The Morgan fingerprint density at radius 1 is 1.67 bits per heavy atom. The standard InChI is InChI=1S/C8H11ClN4OS/c1-8(3-4(8)9)5-12-13-7(15-5)11-6(14)10-2/h4H,3H2,1-2H3,(H2,10,11,13,14). The molecule has 0 radical (unpaired) electrons. The first-order valence-corrected chi connectivity index (χ1v) is 5.78. The maximum absolute atomic E-state index is 11.0. The Morgan fingerprint density at radius 2 is 2.33 bits per heavy atom. The lowest BCUT2D eigenvalue weighted by Gasteiger charge is -2.01. The van der Waals surface area contributed by atoms with E-state index in [1.807, 2.05) is 0 Å². The first kappa shape index (κ1) is 10.6. The zero-order valence-corrected chi connectivity index (χ0v) is 9.95. The number of halogens is 1. The number of urea groups is 1. The number of anilines is 1. The van der Waals surface area contributed by atoms with Gasteiger partial charge in [0.05, 0.1) is 0 Å². The third-order valence-electron chi connectivity index (χ3n) is 2.50. The highest BCUT2D eigenvalue weighted by Crippen LogP contribution is 2.52. The average Bonchev–Trinajstić information content (AvgIpc) is 2.67. The summed E-state index contributed by atoms with van der Waals surface area (Å²) >= 11 is 7.38. The van der Waals surface area contributed by atoms with Crippen molar-refractivity contribution in [1.82, 2.24) is 15.5 Å². The van der Waals surface area contributed by atoms with E-state index >= 15 is 0 Å². The monoisotopic (exact) mass is 246 g/mol. The summed E-state index contributed by atoms with van der Waals surface area (Å²) in [4.78, 5) is 11.0. The summed E-state index contributed by atoms with van der Waals surface area (Å²) in [6.45, 7) is 2.05. The molecule has 15 heavy (non-hydrogen) atoms. The number of alkyl halides is 1. The molecular weight excluding hydrogens is 236 g/mol. The molecule has 2 unspecified atom stereocenters. The topological polar surface area (TPSA) is 66.9 Å². The van der Waals surface area contributed by atoms with Gasteiger partial charge in [-0.15, -0.1) is 21.8 Å². The Labute approximate surface area is 96.2 Å². The average molecular weight is 247 g/mol. The molecule has 0 saturated heterocycles. The van der Waals surface area contributed by atoms with E-state index in [1.165, 1.54) is 11.3 Å². The molecule has 82 valence electrons. The normalized spacial score (nSPS) is 28.6. The van der Waals surface area contributed by atoms with Crippen LogP contribution in [0.3, 0.4) is 0 Å². The second-order valence-corrected chi connectivity index (χ2v) is 5.21. The van der Waals surface area contributed by atoms with Gasteiger partial charge in [-0.3, -0.25) is 5.32 Å². The molecule has 1 aliphatic carbocycles. The van der Waals surface area contributed by atoms with Crippen LogP contribution in [-0.4, -0.2) is 28.7 Å². The minimum Gasteiger partial charge on any atom is -0.341 e. The van der Waals surface area contributed by atoms with Gasteiger partial charge in [0.25, 0.3) is 0 Å². The maximum atomic E-state index is 11.0. The predicted molar refractivity (Wildman–Crippen MR) is 59.6 cm³/mol. The molecule has 1 aromatic rings. The highest BCUT2D eigenvalue weighted by atomic mass is 35.5. The quantitative estimate of drug-likeness (QED) is 0.779. The van der Waals surface area contributed by atoms with E-state index in [4.69, 9.17) is 11.6 Å². The summed E-state index contributed by atoms with van der Waals surface area (Å²) < 4.78 is 0. The van der Waals surface area contributed by atoms with E-state index < -0.39 is 0 Å². The largest absolute Gasteiger partial charge is 0.341 e. The Kier molecular flexibility index (Phi) is 2.56. The molecular formula is C8H11ClN4OS. The predicted octanol–water partition coefficient (Wildman–Crippen LogP) is 1.56. The minimum absolute atomic E-state index is 0.0537. The van der Waals surface area contributed by atoms with E-state index in [0.717, 1.165) is 11.4 Å². The van der Waals surface area contributed by atoms with E-state index in [1.54, 1.807) is 7.05 Å². The molecule has 2 rings (SSSR count). The molecule has 1 aromatic heterocycles. The minimum atomic E-state index is -0.291. The van der Waals surface area contributed by atoms with Crippen LogP contribution in [-0.2, 0) is 5.41 Å². The van der Waals surface area contributed by atoms with E-state index in [-0.39, 0.29) is 16.8 Å². The number of carbonyl (C=O) groups excluding carboxylic acids is 1. The molecule has 2 atom stereocenters. The van der Waals surface area contributed by atoms with Gasteiger partial charge in [0.1, 0.15) is 5.01 Å². The van der Waals surface area contributed by atoms with Crippen molar-refractivity contribution in [2.24, 2.45) is 0 Å². The lowest BCUT2D eigenvalue weighted by molar-refractivity contribution is 0.254. The van der Waals surface area contributed by atoms with E-state index in [2.05, 4.69) is 27.8 Å². The van der Waals surface area contributed by atoms with Gasteiger partial charge in [-0.1, -0.05) is 18.3 Å². The zero-order valence-electron chi connectivity index (χ0n) is 8.37. The maximum Gasteiger partial charge on any atom is 0.320 e. The molecule has 0 bridgehead atoms. The van der Waals surface area contributed by atoms with Gasteiger partial charge in [0, 0.05) is 17.8 Å². The SMILES string of the molecule is CNC(=O)Nc1nnc(C2(C)CC2Cl)s1. The van der Waals surface area contributed by atoms with Gasteiger partial charge in [-0.05, 0) is 6.42 Å². The lowest BCUT2D eigenvalue weighted by atomic mass is 10.2. The third-order valence-corrected chi connectivity index (χ3v) is 4.25. The van der Waals surface area contributed by atoms with Crippen molar-refractivity contribution in [2.45, 2.75) is 24.1 Å². The van der Waals surface area contributed by atoms with E-state index in [0.29, 0.717) is 5.13 Å². The number of hydrogen-bond acceptors (Lipinski definition) is 4. The van der Waals surface area contributed by atoms with Crippen LogP contribution >= 0.6 is 22.9 Å². The smallest absolute Gasteiger partial charge is 0.320 e. The van der Waals surface area contributed by atoms with Crippen molar-refractivity contribution in [3.63, 3.8) is 0 Å². The van der Waals surface area contributed by atoms with Crippen molar-refractivity contribution in [1.29, 1.82) is 0 Å². The summed E-state index contributed by atoms with van der Waals surface area (Å²) in [5.41, 5.74) is -0.0537. The molecule has 1 fully saturated rings. The molecule has 5 nitrogen and oxygen atoms in total. The van der Waals surface area contributed by atoms with Gasteiger partial charge in [0.2, 0.25) is 5.13 Å². The molecule has 2 amide bonds. The third kappa shape index (κ3) is 1.91. The molecule has 2 N–H and O–H groups in total. The number of amides is 2. The Hall–Kier alpha value is -0.880. The summed E-state index contributed by atoms with van der Waals surface area (Å²) in [6.07, 6.45) is 0.920. The van der Waals surface area contributed by atoms with Crippen LogP contribution in [0.25, 0.3) is 0 Å². The van der Waals surface area contributed by atoms with Crippen molar-refractivity contribution in [3.05, 3.63) is 5.01 Å². The van der Waals surface area contributed by atoms with Gasteiger partial charge < -0.3 is 5.32 Å². The van der Waals surface area contributed by atoms with Crippen molar-refractivity contribution in [3.8, 4) is 0 Å². The second-order valence-electron chi connectivity index (χ2n) is 3.71. The fraction of sp³-hybridized carbons (Fsp3) is 0.625. The first-order chi connectivity index (χ1) is 7.06. The van der Waals surface area contributed by atoms with Crippen molar-refractivity contribution >= 4 is 34.1 Å². The lowest BCUT2D eigenvalue weighted by Crippen LogP contribution is -2.24. The van der Waals surface area contributed by atoms with Crippen LogP contribution in [0.1, 0.15) is 18.4 Å². The highest BCUT2D eigenvalue weighted by molar-refractivity contribution is 7.15. The number of rotatable bonds is 2. The molecule has 0 aromatic carbocycles. The Morgan fingerprint density at radius 3 is 2.87 bits per heavy atom. The number of nitrogens with one attached hydrogen (secondary N) is 2. The van der Waals surface area contributed by atoms with Crippen molar-refractivity contribution < 1.29 is 4.79 Å². The number of carbonyl (C=O) groups is 1. The van der Waals surface area contributed by atoms with Crippen LogP contribution < -0.4 is 10.6 Å².